The third-order valence-corrected chi connectivity index (χ3v) is 6.13. The third-order valence-electron chi connectivity index (χ3n) is 6.13. The van der Waals surface area contributed by atoms with E-state index in [2.05, 4.69) is 22.8 Å². The summed E-state index contributed by atoms with van der Waals surface area (Å²) in [6, 6.07) is 8.40. The Hall–Kier alpha value is -1.59. The molecule has 0 spiro atoms. The van der Waals surface area contributed by atoms with Gasteiger partial charge in [0.1, 0.15) is 0 Å². The summed E-state index contributed by atoms with van der Waals surface area (Å²) in [6.45, 7) is 2.11. The molecule has 1 aliphatic heterocycles. The van der Waals surface area contributed by atoms with E-state index in [1.165, 1.54) is 12.7 Å². The number of methoxy groups -OCH3 is 1. The van der Waals surface area contributed by atoms with Crippen molar-refractivity contribution in [2.45, 2.75) is 63.3 Å². The van der Waals surface area contributed by atoms with Gasteiger partial charge in [-0.2, -0.15) is 0 Å². The van der Waals surface area contributed by atoms with Crippen LogP contribution >= 0.6 is 12.4 Å². The van der Waals surface area contributed by atoms with Crippen LogP contribution in [0.4, 0.5) is 0 Å². The van der Waals surface area contributed by atoms with Gasteiger partial charge in [-0.15, -0.1) is 12.4 Å². The fraction of sp³-hybridized carbons (Fsp3) is 0.636. The van der Waals surface area contributed by atoms with Gasteiger partial charge in [-0.3, -0.25) is 9.59 Å². The van der Waals surface area contributed by atoms with Crippen LogP contribution in [0.5, 0.6) is 0 Å². The first kappa shape index (κ1) is 22.7. The molecule has 3 rings (SSSR count). The SMILES string of the molecule is COC(=O)CCC1CCC(NC(=O)c2cccc(C3CCNCC3)c2)CC1.Cl. The van der Waals surface area contributed by atoms with Gasteiger partial charge in [0, 0.05) is 18.0 Å². The Morgan fingerprint density at radius 2 is 1.82 bits per heavy atom. The summed E-state index contributed by atoms with van der Waals surface area (Å²) in [5, 5.41) is 6.61. The van der Waals surface area contributed by atoms with Crippen LogP contribution in [0.1, 0.15) is 73.2 Å². The maximum atomic E-state index is 12.7. The van der Waals surface area contributed by atoms with E-state index in [0.717, 1.165) is 63.6 Å². The average molecular weight is 409 g/mol. The normalized spacial score (nSPS) is 22.8. The Bertz CT molecular complexity index is 638. The molecule has 0 aromatic heterocycles. The zero-order valence-electron chi connectivity index (χ0n) is 16.7. The van der Waals surface area contributed by atoms with Gasteiger partial charge in [-0.05, 0) is 87.6 Å². The highest BCUT2D eigenvalue weighted by molar-refractivity contribution is 5.94. The minimum absolute atomic E-state index is 0. The molecule has 2 N–H and O–H groups in total. The predicted octanol–water partition coefficient (Wildman–Crippen LogP) is 3.82. The van der Waals surface area contributed by atoms with E-state index < -0.39 is 0 Å². The maximum Gasteiger partial charge on any atom is 0.305 e. The van der Waals surface area contributed by atoms with Crippen molar-refractivity contribution in [1.29, 1.82) is 0 Å². The number of piperidine rings is 1. The molecule has 6 heteroatoms. The molecule has 1 aliphatic carbocycles. The van der Waals surface area contributed by atoms with Crippen LogP contribution in [0.25, 0.3) is 0 Å². The highest BCUT2D eigenvalue weighted by Gasteiger charge is 2.24. The average Bonchev–Trinajstić information content (AvgIpc) is 2.73. The van der Waals surface area contributed by atoms with E-state index in [4.69, 9.17) is 4.74 Å². The second-order valence-electron chi connectivity index (χ2n) is 7.96. The molecule has 0 atom stereocenters. The van der Waals surface area contributed by atoms with Gasteiger partial charge >= 0.3 is 5.97 Å². The van der Waals surface area contributed by atoms with E-state index >= 15 is 0 Å². The highest BCUT2D eigenvalue weighted by atomic mass is 35.5. The first-order valence-corrected chi connectivity index (χ1v) is 10.3. The van der Waals surface area contributed by atoms with Gasteiger partial charge in [0.15, 0.2) is 0 Å². The lowest BCUT2D eigenvalue weighted by Gasteiger charge is -2.29. The monoisotopic (exact) mass is 408 g/mol. The molecule has 1 aromatic rings. The topological polar surface area (TPSA) is 67.4 Å². The second kappa shape index (κ2) is 11.4. The molecule has 156 valence electrons. The molecule has 2 fully saturated rings. The number of ether oxygens (including phenoxy) is 1. The molecule has 2 aliphatic rings. The lowest BCUT2D eigenvalue weighted by Crippen LogP contribution is -2.37. The minimum Gasteiger partial charge on any atom is -0.469 e. The second-order valence-corrected chi connectivity index (χ2v) is 7.96. The van der Waals surface area contributed by atoms with Crippen LogP contribution in [0.15, 0.2) is 24.3 Å². The number of carbonyl (C=O) groups is 2. The summed E-state index contributed by atoms with van der Waals surface area (Å²) in [4.78, 5) is 24.0. The van der Waals surface area contributed by atoms with Crippen LogP contribution in [0.2, 0.25) is 0 Å². The van der Waals surface area contributed by atoms with Crippen molar-refractivity contribution in [2.24, 2.45) is 5.92 Å². The summed E-state index contributed by atoms with van der Waals surface area (Å²) in [5.74, 6) is 1.05. The lowest BCUT2D eigenvalue weighted by molar-refractivity contribution is -0.141. The smallest absolute Gasteiger partial charge is 0.305 e. The van der Waals surface area contributed by atoms with Crippen LogP contribution in [0, 0.1) is 5.92 Å². The molecule has 1 saturated carbocycles. The van der Waals surface area contributed by atoms with Crippen molar-refractivity contribution in [3.05, 3.63) is 35.4 Å². The van der Waals surface area contributed by atoms with Crippen molar-refractivity contribution < 1.29 is 14.3 Å². The number of esters is 1. The molecule has 5 nitrogen and oxygen atoms in total. The quantitative estimate of drug-likeness (QED) is 0.702. The molecule has 0 unspecified atom stereocenters. The fourth-order valence-corrected chi connectivity index (χ4v) is 4.38. The Kier molecular flexibility index (Phi) is 9.26. The zero-order chi connectivity index (χ0) is 19.1. The zero-order valence-corrected chi connectivity index (χ0v) is 17.6. The summed E-state index contributed by atoms with van der Waals surface area (Å²) in [6.07, 6.45) is 7.79. The summed E-state index contributed by atoms with van der Waals surface area (Å²) in [7, 11) is 1.44. The Labute approximate surface area is 174 Å². The van der Waals surface area contributed by atoms with Gasteiger partial charge in [0.05, 0.1) is 7.11 Å². The molecule has 1 saturated heterocycles. The number of benzene rings is 1. The lowest BCUT2D eigenvalue weighted by atomic mass is 9.83. The molecular formula is C22H33ClN2O3. The minimum atomic E-state index is -0.126. The number of nitrogens with one attached hydrogen (secondary N) is 2. The van der Waals surface area contributed by atoms with Crippen molar-refractivity contribution in [3.8, 4) is 0 Å². The summed E-state index contributed by atoms with van der Waals surface area (Å²) < 4.78 is 4.72. The largest absolute Gasteiger partial charge is 0.469 e. The molecule has 1 amide bonds. The van der Waals surface area contributed by atoms with E-state index in [9.17, 15) is 9.59 Å². The van der Waals surface area contributed by atoms with Gasteiger partial charge in [0.2, 0.25) is 0 Å². The summed E-state index contributed by atoms with van der Waals surface area (Å²) in [5.41, 5.74) is 2.06. The van der Waals surface area contributed by atoms with Crippen LogP contribution in [0.3, 0.4) is 0 Å². The van der Waals surface area contributed by atoms with Gasteiger partial charge in [-0.25, -0.2) is 0 Å². The van der Waals surface area contributed by atoms with Crippen molar-refractivity contribution >= 4 is 24.3 Å². The number of halogens is 1. The van der Waals surface area contributed by atoms with Gasteiger partial charge in [-0.1, -0.05) is 12.1 Å². The van der Waals surface area contributed by atoms with Crippen molar-refractivity contribution in [1.82, 2.24) is 10.6 Å². The van der Waals surface area contributed by atoms with Crippen molar-refractivity contribution in [2.75, 3.05) is 20.2 Å². The first-order chi connectivity index (χ1) is 13.2. The standard InChI is InChI=1S/C22H32N2O3.ClH/c1-27-21(25)10-7-16-5-8-20(9-6-16)24-22(26)19-4-2-3-18(15-19)17-11-13-23-14-12-17;/h2-4,15-17,20,23H,5-14H2,1H3,(H,24,26);1H. The Balaban J connectivity index is 0.00000280. The molecule has 28 heavy (non-hydrogen) atoms. The number of hydrogen-bond acceptors (Lipinski definition) is 4. The summed E-state index contributed by atoms with van der Waals surface area (Å²) >= 11 is 0. The number of carbonyl (C=O) groups excluding carboxylic acids is 2. The molecule has 1 heterocycles. The van der Waals surface area contributed by atoms with E-state index in [1.54, 1.807) is 0 Å². The maximum absolute atomic E-state index is 12.7. The number of hydrogen-bond donors (Lipinski definition) is 2. The highest BCUT2D eigenvalue weighted by Crippen LogP contribution is 2.29. The predicted molar refractivity (Wildman–Crippen MR) is 113 cm³/mol. The van der Waals surface area contributed by atoms with Crippen LogP contribution < -0.4 is 10.6 Å². The molecular weight excluding hydrogens is 376 g/mol. The van der Waals surface area contributed by atoms with E-state index in [0.29, 0.717) is 18.3 Å². The Morgan fingerprint density at radius 3 is 2.50 bits per heavy atom. The van der Waals surface area contributed by atoms with E-state index in [-0.39, 0.29) is 30.3 Å². The van der Waals surface area contributed by atoms with Crippen LogP contribution in [-0.2, 0) is 9.53 Å². The molecule has 1 aromatic carbocycles. The van der Waals surface area contributed by atoms with Gasteiger partial charge in [0.25, 0.3) is 5.91 Å². The van der Waals surface area contributed by atoms with Crippen LogP contribution in [-0.4, -0.2) is 38.1 Å². The third kappa shape index (κ3) is 6.49. The van der Waals surface area contributed by atoms with Gasteiger partial charge < -0.3 is 15.4 Å². The van der Waals surface area contributed by atoms with E-state index in [1.807, 2.05) is 12.1 Å². The Morgan fingerprint density at radius 1 is 1.11 bits per heavy atom. The van der Waals surface area contributed by atoms with Crippen molar-refractivity contribution in [3.63, 3.8) is 0 Å². The molecule has 0 bridgehead atoms. The number of amides is 1. The molecule has 0 radical (unpaired) electrons. The number of rotatable bonds is 6. The fourth-order valence-electron chi connectivity index (χ4n) is 4.38. The first-order valence-electron chi connectivity index (χ1n) is 10.3.